The Labute approximate surface area is 89.2 Å². The molecule has 1 fully saturated rings. The maximum absolute atomic E-state index is 3.91. The van der Waals surface area contributed by atoms with Gasteiger partial charge in [0.15, 0.2) is 5.65 Å². The predicted octanol–water partition coefficient (Wildman–Crippen LogP) is 2.69. The zero-order chi connectivity index (χ0) is 10.3. The van der Waals surface area contributed by atoms with Gasteiger partial charge in [0.05, 0.1) is 12.5 Å². The molecule has 2 aromatic heterocycles. The van der Waals surface area contributed by atoms with Crippen molar-refractivity contribution in [3.8, 4) is 0 Å². The largest absolute Gasteiger partial charge is 0.342 e. The molecule has 3 rings (SSSR count). The Morgan fingerprint density at radius 2 is 1.60 bits per heavy atom. The second kappa shape index (κ2) is 5.44. The van der Waals surface area contributed by atoms with Gasteiger partial charge >= 0.3 is 0 Å². The smallest absolute Gasteiger partial charge is 0.180 e. The van der Waals surface area contributed by atoms with E-state index >= 15 is 0 Å². The Bertz CT molecular complexity index is 350. The third-order valence-corrected chi connectivity index (χ3v) is 2.60. The van der Waals surface area contributed by atoms with E-state index in [1.54, 1.807) is 12.5 Å². The van der Waals surface area contributed by atoms with E-state index < -0.39 is 0 Å². The Morgan fingerprint density at radius 3 is 2.20 bits per heavy atom. The molecule has 80 valence electrons. The van der Waals surface area contributed by atoms with Gasteiger partial charge in [0.25, 0.3) is 0 Å². The first kappa shape index (κ1) is 10.1. The lowest BCUT2D eigenvalue weighted by Gasteiger charge is -2.05. The maximum Gasteiger partial charge on any atom is 0.180 e. The van der Waals surface area contributed by atoms with Crippen LogP contribution in [0.2, 0.25) is 0 Å². The number of aromatic amines is 1. The Kier molecular flexibility index (Phi) is 3.65. The highest BCUT2D eigenvalue weighted by atomic mass is 15.0. The Hall–Kier alpha value is -1.45. The van der Waals surface area contributed by atoms with Crippen LogP contribution in [-0.2, 0) is 0 Å². The zero-order valence-electron chi connectivity index (χ0n) is 8.82. The SMILES string of the molecule is C1CCCCC1.c1ncc2[nH]cnc2n1. The summed E-state index contributed by atoms with van der Waals surface area (Å²) in [6.07, 6.45) is 13.8. The van der Waals surface area contributed by atoms with Gasteiger partial charge in [-0.25, -0.2) is 15.0 Å². The van der Waals surface area contributed by atoms with Crippen molar-refractivity contribution in [1.82, 2.24) is 19.9 Å². The highest BCUT2D eigenvalue weighted by Crippen LogP contribution is 2.15. The van der Waals surface area contributed by atoms with E-state index in [4.69, 9.17) is 0 Å². The van der Waals surface area contributed by atoms with E-state index in [1.165, 1.54) is 44.9 Å². The lowest BCUT2D eigenvalue weighted by molar-refractivity contribution is 0.504. The van der Waals surface area contributed by atoms with Crippen LogP contribution >= 0.6 is 0 Å². The van der Waals surface area contributed by atoms with Gasteiger partial charge in [-0.1, -0.05) is 38.5 Å². The van der Waals surface area contributed by atoms with Crippen molar-refractivity contribution >= 4 is 11.2 Å². The molecule has 1 N–H and O–H groups in total. The standard InChI is InChI=1S/C6H12.C5H4N4/c1-2-4-6-5-3-1;1-4-5(8-2-6-1)9-3-7-4/h1-6H2;1-3H,(H,6,7,8,9). The summed E-state index contributed by atoms with van der Waals surface area (Å²) in [7, 11) is 0. The molecular formula is C11H16N4. The first-order valence-electron chi connectivity index (χ1n) is 5.56. The van der Waals surface area contributed by atoms with Crippen molar-refractivity contribution in [3.05, 3.63) is 18.9 Å². The summed E-state index contributed by atoms with van der Waals surface area (Å²) in [5.74, 6) is 0. The van der Waals surface area contributed by atoms with Gasteiger partial charge in [-0.05, 0) is 0 Å². The second-order valence-electron chi connectivity index (χ2n) is 3.78. The molecule has 0 radical (unpaired) electrons. The van der Waals surface area contributed by atoms with Crippen LogP contribution in [0.1, 0.15) is 38.5 Å². The summed E-state index contributed by atoms with van der Waals surface area (Å²) in [6, 6.07) is 0. The van der Waals surface area contributed by atoms with Crippen molar-refractivity contribution in [2.75, 3.05) is 0 Å². The predicted molar refractivity (Wildman–Crippen MR) is 59.4 cm³/mol. The van der Waals surface area contributed by atoms with Gasteiger partial charge in [-0.3, -0.25) is 0 Å². The van der Waals surface area contributed by atoms with Crippen LogP contribution in [0.15, 0.2) is 18.9 Å². The molecule has 0 amide bonds. The normalized spacial score (nSPS) is 15.7. The zero-order valence-corrected chi connectivity index (χ0v) is 8.82. The van der Waals surface area contributed by atoms with E-state index in [0.717, 1.165) is 5.52 Å². The number of rotatable bonds is 0. The van der Waals surface area contributed by atoms with Crippen molar-refractivity contribution in [2.24, 2.45) is 0 Å². The number of imidazole rings is 1. The maximum atomic E-state index is 3.91. The van der Waals surface area contributed by atoms with Crippen molar-refractivity contribution in [2.45, 2.75) is 38.5 Å². The monoisotopic (exact) mass is 204 g/mol. The van der Waals surface area contributed by atoms with Crippen LogP contribution in [0.3, 0.4) is 0 Å². The van der Waals surface area contributed by atoms with Crippen LogP contribution in [0, 0.1) is 0 Å². The Balaban J connectivity index is 0.000000124. The average molecular weight is 204 g/mol. The van der Waals surface area contributed by atoms with E-state index in [0.29, 0.717) is 5.65 Å². The minimum absolute atomic E-state index is 0.713. The summed E-state index contributed by atoms with van der Waals surface area (Å²) in [5, 5.41) is 0. The number of hydrogen-bond acceptors (Lipinski definition) is 3. The molecule has 0 spiro atoms. The molecule has 0 unspecified atom stereocenters. The molecule has 0 saturated heterocycles. The molecule has 0 bridgehead atoms. The third-order valence-electron chi connectivity index (χ3n) is 2.60. The van der Waals surface area contributed by atoms with Gasteiger partial charge in [0.1, 0.15) is 11.8 Å². The molecule has 4 heteroatoms. The van der Waals surface area contributed by atoms with Gasteiger partial charge in [0, 0.05) is 0 Å². The van der Waals surface area contributed by atoms with Gasteiger partial charge in [-0.2, -0.15) is 0 Å². The molecule has 1 aliphatic carbocycles. The summed E-state index contributed by atoms with van der Waals surface area (Å²) >= 11 is 0. The lowest BCUT2D eigenvalue weighted by atomic mass is 10.0. The average Bonchev–Trinajstić information content (AvgIpc) is 2.80. The minimum atomic E-state index is 0.713. The summed E-state index contributed by atoms with van der Waals surface area (Å²) in [6.45, 7) is 0. The summed E-state index contributed by atoms with van der Waals surface area (Å²) < 4.78 is 0. The Morgan fingerprint density at radius 1 is 0.933 bits per heavy atom. The molecule has 1 aliphatic rings. The molecule has 0 atom stereocenters. The molecule has 2 aromatic rings. The molecular weight excluding hydrogens is 188 g/mol. The van der Waals surface area contributed by atoms with E-state index in [1.807, 2.05) is 0 Å². The number of fused-ring (bicyclic) bond motifs is 1. The fourth-order valence-electron chi connectivity index (χ4n) is 1.75. The van der Waals surface area contributed by atoms with Gasteiger partial charge in [-0.15, -0.1) is 0 Å². The van der Waals surface area contributed by atoms with Crippen LogP contribution in [0.5, 0.6) is 0 Å². The second-order valence-corrected chi connectivity index (χ2v) is 3.78. The molecule has 0 aliphatic heterocycles. The molecule has 1 saturated carbocycles. The quantitative estimate of drug-likeness (QED) is 0.717. The first-order valence-corrected chi connectivity index (χ1v) is 5.56. The van der Waals surface area contributed by atoms with Crippen molar-refractivity contribution in [1.29, 1.82) is 0 Å². The number of nitrogens with one attached hydrogen (secondary N) is 1. The van der Waals surface area contributed by atoms with Crippen LogP contribution in [0.4, 0.5) is 0 Å². The number of nitrogens with zero attached hydrogens (tertiary/aromatic N) is 3. The summed E-state index contributed by atoms with van der Waals surface area (Å²) in [4.78, 5) is 14.5. The van der Waals surface area contributed by atoms with E-state index in [9.17, 15) is 0 Å². The van der Waals surface area contributed by atoms with Crippen LogP contribution < -0.4 is 0 Å². The van der Waals surface area contributed by atoms with Crippen molar-refractivity contribution < 1.29 is 0 Å². The minimum Gasteiger partial charge on any atom is -0.342 e. The van der Waals surface area contributed by atoms with Gasteiger partial charge in [0.2, 0.25) is 0 Å². The summed E-state index contributed by atoms with van der Waals surface area (Å²) in [5.41, 5.74) is 1.59. The number of hydrogen-bond donors (Lipinski definition) is 1. The van der Waals surface area contributed by atoms with Crippen LogP contribution in [-0.4, -0.2) is 19.9 Å². The molecule has 15 heavy (non-hydrogen) atoms. The molecule has 2 heterocycles. The molecule has 0 aromatic carbocycles. The van der Waals surface area contributed by atoms with E-state index in [-0.39, 0.29) is 0 Å². The first-order chi connectivity index (χ1) is 7.47. The fourth-order valence-corrected chi connectivity index (χ4v) is 1.75. The highest BCUT2D eigenvalue weighted by molar-refractivity contribution is 5.67. The number of H-pyrrole nitrogens is 1. The van der Waals surface area contributed by atoms with E-state index in [2.05, 4.69) is 19.9 Å². The lowest BCUT2D eigenvalue weighted by Crippen LogP contribution is -1.85. The topological polar surface area (TPSA) is 54.5 Å². The van der Waals surface area contributed by atoms with Crippen LogP contribution in [0.25, 0.3) is 11.2 Å². The van der Waals surface area contributed by atoms with Gasteiger partial charge < -0.3 is 4.98 Å². The third kappa shape index (κ3) is 3.01. The highest BCUT2D eigenvalue weighted by Gasteiger charge is 1.95. The fraction of sp³-hybridized carbons (Fsp3) is 0.545. The number of aromatic nitrogens is 4. The molecule has 4 nitrogen and oxygen atoms in total. The van der Waals surface area contributed by atoms with Crippen molar-refractivity contribution in [3.63, 3.8) is 0 Å².